The molecule has 0 atom stereocenters. The highest BCUT2D eigenvalue weighted by Gasteiger charge is 2.13. The van der Waals surface area contributed by atoms with Crippen LogP contribution in [0, 0.1) is 10.1 Å². The normalized spacial score (nSPS) is 10.4. The van der Waals surface area contributed by atoms with Gasteiger partial charge in [0.15, 0.2) is 11.5 Å². The average Bonchev–Trinajstić information content (AvgIpc) is 2.72. The molecule has 3 aromatic rings. The quantitative estimate of drug-likeness (QED) is 0.343. The molecule has 29 heavy (non-hydrogen) atoms. The summed E-state index contributed by atoms with van der Waals surface area (Å²) in [6.07, 6.45) is 0. The number of ether oxygens (including phenoxy) is 2. The number of nitro benzene ring substituents is 1. The van der Waals surface area contributed by atoms with Gasteiger partial charge < -0.3 is 14.8 Å². The Morgan fingerprint density at radius 1 is 1.00 bits per heavy atom. The Morgan fingerprint density at radius 2 is 1.72 bits per heavy atom. The van der Waals surface area contributed by atoms with Gasteiger partial charge in [0.25, 0.3) is 5.69 Å². The predicted octanol–water partition coefficient (Wildman–Crippen LogP) is 6.10. The molecule has 0 saturated heterocycles. The van der Waals surface area contributed by atoms with Crippen LogP contribution >= 0.6 is 23.2 Å². The number of halogens is 2. The summed E-state index contributed by atoms with van der Waals surface area (Å²) in [5, 5.41) is 15.0. The lowest BCUT2D eigenvalue weighted by Crippen LogP contribution is -2.03. The van der Waals surface area contributed by atoms with Gasteiger partial charge >= 0.3 is 0 Å². The van der Waals surface area contributed by atoms with Crippen molar-refractivity contribution in [3.8, 4) is 11.5 Å². The molecule has 0 amide bonds. The number of hydrogen-bond acceptors (Lipinski definition) is 5. The number of nitro groups is 1. The van der Waals surface area contributed by atoms with Crippen LogP contribution in [0.3, 0.4) is 0 Å². The second-order valence-electron chi connectivity index (χ2n) is 6.15. The largest absolute Gasteiger partial charge is 0.493 e. The molecule has 150 valence electrons. The van der Waals surface area contributed by atoms with E-state index >= 15 is 0 Å². The van der Waals surface area contributed by atoms with Crippen LogP contribution in [0.25, 0.3) is 0 Å². The zero-order valence-corrected chi connectivity index (χ0v) is 17.0. The topological polar surface area (TPSA) is 73.6 Å². The van der Waals surface area contributed by atoms with Gasteiger partial charge in [0.05, 0.1) is 27.8 Å². The Hall–Kier alpha value is -2.96. The molecule has 0 saturated carbocycles. The number of methoxy groups -OCH3 is 1. The summed E-state index contributed by atoms with van der Waals surface area (Å²) in [5.74, 6) is 0.907. The summed E-state index contributed by atoms with van der Waals surface area (Å²) in [5.41, 5.74) is 2.52. The molecule has 3 rings (SSSR count). The Bertz CT molecular complexity index is 1010. The fourth-order valence-electron chi connectivity index (χ4n) is 2.69. The summed E-state index contributed by atoms with van der Waals surface area (Å²) in [4.78, 5) is 10.3. The molecule has 0 aromatic heterocycles. The molecule has 0 spiro atoms. The van der Waals surface area contributed by atoms with E-state index in [2.05, 4.69) is 5.32 Å². The van der Waals surface area contributed by atoms with Gasteiger partial charge in [-0.3, -0.25) is 10.1 Å². The number of anilines is 1. The van der Waals surface area contributed by atoms with Crippen molar-refractivity contribution in [3.63, 3.8) is 0 Å². The fourth-order valence-corrected chi connectivity index (χ4v) is 3.18. The van der Waals surface area contributed by atoms with Crippen molar-refractivity contribution in [2.45, 2.75) is 13.2 Å². The highest BCUT2D eigenvalue weighted by Crippen LogP contribution is 2.37. The molecule has 0 bridgehead atoms. The number of nitrogens with zero attached hydrogens (tertiary/aromatic N) is 1. The van der Waals surface area contributed by atoms with Crippen LogP contribution in [0.15, 0.2) is 60.7 Å². The summed E-state index contributed by atoms with van der Waals surface area (Å²) in [6, 6.07) is 17.2. The molecule has 6 nitrogen and oxygen atoms in total. The first-order valence-electron chi connectivity index (χ1n) is 8.69. The second kappa shape index (κ2) is 9.49. The van der Waals surface area contributed by atoms with Crippen molar-refractivity contribution in [1.82, 2.24) is 0 Å². The molecular formula is C21H18Cl2N2O4. The Kier molecular flexibility index (Phi) is 6.80. The summed E-state index contributed by atoms with van der Waals surface area (Å²) in [7, 11) is 1.54. The number of benzene rings is 3. The molecular weight excluding hydrogens is 415 g/mol. The number of non-ortho nitro benzene ring substituents is 1. The predicted molar refractivity (Wildman–Crippen MR) is 114 cm³/mol. The fraction of sp³-hybridized carbons (Fsp3) is 0.143. The smallest absolute Gasteiger partial charge is 0.269 e. The van der Waals surface area contributed by atoms with Crippen molar-refractivity contribution >= 4 is 34.6 Å². The standard InChI is InChI=1S/C21H18Cl2N2O4/c1-28-20-11-15(12-24-19-5-3-2-4-17(19)22)10-18(23)21(20)29-13-14-6-8-16(9-7-14)25(26)27/h2-11,24H,12-13H2,1H3. The first kappa shape index (κ1) is 20.8. The minimum Gasteiger partial charge on any atom is -0.493 e. The molecule has 1 N–H and O–H groups in total. The lowest BCUT2D eigenvalue weighted by molar-refractivity contribution is -0.384. The molecule has 0 aliphatic heterocycles. The van der Waals surface area contributed by atoms with Crippen LogP contribution in [0.2, 0.25) is 10.0 Å². The Balaban J connectivity index is 1.71. The molecule has 8 heteroatoms. The Morgan fingerprint density at radius 3 is 2.38 bits per heavy atom. The van der Waals surface area contributed by atoms with Gasteiger partial charge in [0, 0.05) is 18.7 Å². The average molecular weight is 433 g/mol. The highest BCUT2D eigenvalue weighted by molar-refractivity contribution is 6.33. The van der Waals surface area contributed by atoms with Crippen molar-refractivity contribution in [1.29, 1.82) is 0 Å². The van der Waals surface area contributed by atoms with Gasteiger partial charge in [-0.1, -0.05) is 35.3 Å². The van der Waals surface area contributed by atoms with E-state index in [0.717, 1.165) is 16.8 Å². The van der Waals surface area contributed by atoms with E-state index in [9.17, 15) is 10.1 Å². The number of rotatable bonds is 8. The van der Waals surface area contributed by atoms with Gasteiger partial charge in [-0.2, -0.15) is 0 Å². The maximum atomic E-state index is 10.7. The Labute approximate surface area is 178 Å². The van der Waals surface area contributed by atoms with Crippen molar-refractivity contribution in [2.24, 2.45) is 0 Å². The molecule has 0 aliphatic carbocycles. The maximum absolute atomic E-state index is 10.7. The first-order chi connectivity index (χ1) is 14.0. The minimum atomic E-state index is -0.445. The molecule has 0 aliphatic rings. The van der Waals surface area contributed by atoms with E-state index in [1.54, 1.807) is 18.2 Å². The molecule has 0 unspecified atom stereocenters. The van der Waals surface area contributed by atoms with Gasteiger partial charge in [-0.25, -0.2) is 0 Å². The summed E-state index contributed by atoms with van der Waals surface area (Å²) >= 11 is 12.6. The van der Waals surface area contributed by atoms with E-state index in [1.165, 1.54) is 19.2 Å². The van der Waals surface area contributed by atoms with E-state index in [-0.39, 0.29) is 12.3 Å². The number of para-hydroxylation sites is 1. The van der Waals surface area contributed by atoms with Crippen LogP contribution in [0.1, 0.15) is 11.1 Å². The minimum absolute atomic E-state index is 0.0275. The second-order valence-corrected chi connectivity index (χ2v) is 6.97. The van der Waals surface area contributed by atoms with Gasteiger partial charge in [0.2, 0.25) is 0 Å². The maximum Gasteiger partial charge on any atom is 0.269 e. The zero-order chi connectivity index (χ0) is 20.8. The van der Waals surface area contributed by atoms with Crippen molar-refractivity contribution < 1.29 is 14.4 Å². The van der Waals surface area contributed by atoms with Gasteiger partial charge in [-0.15, -0.1) is 0 Å². The van der Waals surface area contributed by atoms with E-state index < -0.39 is 4.92 Å². The lowest BCUT2D eigenvalue weighted by Gasteiger charge is -2.15. The van der Waals surface area contributed by atoms with Crippen LogP contribution in [0.5, 0.6) is 11.5 Å². The lowest BCUT2D eigenvalue weighted by atomic mass is 10.2. The van der Waals surface area contributed by atoms with Crippen LogP contribution in [-0.4, -0.2) is 12.0 Å². The van der Waals surface area contributed by atoms with Crippen molar-refractivity contribution in [2.75, 3.05) is 12.4 Å². The van der Waals surface area contributed by atoms with E-state index in [1.807, 2.05) is 30.3 Å². The number of hydrogen-bond donors (Lipinski definition) is 1. The third kappa shape index (κ3) is 5.31. The zero-order valence-electron chi connectivity index (χ0n) is 15.5. The highest BCUT2D eigenvalue weighted by atomic mass is 35.5. The first-order valence-corrected chi connectivity index (χ1v) is 9.44. The van der Waals surface area contributed by atoms with Gasteiger partial charge in [-0.05, 0) is 47.5 Å². The van der Waals surface area contributed by atoms with Crippen molar-refractivity contribution in [3.05, 3.63) is 92.0 Å². The van der Waals surface area contributed by atoms with Crippen LogP contribution in [0.4, 0.5) is 11.4 Å². The van der Waals surface area contributed by atoms with Crippen LogP contribution in [-0.2, 0) is 13.2 Å². The van der Waals surface area contributed by atoms with E-state index in [0.29, 0.717) is 28.1 Å². The monoisotopic (exact) mass is 432 g/mol. The number of nitrogens with one attached hydrogen (secondary N) is 1. The molecule has 0 fully saturated rings. The molecule has 3 aromatic carbocycles. The molecule has 0 radical (unpaired) electrons. The van der Waals surface area contributed by atoms with E-state index in [4.69, 9.17) is 32.7 Å². The summed E-state index contributed by atoms with van der Waals surface area (Å²) in [6.45, 7) is 0.702. The summed E-state index contributed by atoms with van der Waals surface area (Å²) < 4.78 is 11.2. The van der Waals surface area contributed by atoms with Gasteiger partial charge in [0.1, 0.15) is 6.61 Å². The third-order valence-corrected chi connectivity index (χ3v) is 4.79. The SMILES string of the molecule is COc1cc(CNc2ccccc2Cl)cc(Cl)c1OCc1ccc([N+](=O)[O-])cc1. The molecule has 0 heterocycles. The van der Waals surface area contributed by atoms with Crippen LogP contribution < -0.4 is 14.8 Å². The third-order valence-electron chi connectivity index (χ3n) is 4.18.